The maximum atomic E-state index is 12.5. The molecule has 0 aromatic rings. The molecule has 4 atom stereocenters. The molecule has 2 saturated heterocycles. The van der Waals surface area contributed by atoms with Gasteiger partial charge in [-0.3, -0.25) is 4.79 Å². The van der Waals surface area contributed by atoms with Gasteiger partial charge in [-0.2, -0.15) is 0 Å². The van der Waals surface area contributed by atoms with Gasteiger partial charge < -0.3 is 20.1 Å². The molecule has 0 radical (unpaired) electrons. The number of carboxylic acids is 1. The third kappa shape index (κ3) is 2.34. The van der Waals surface area contributed by atoms with E-state index in [4.69, 9.17) is 9.84 Å². The van der Waals surface area contributed by atoms with E-state index in [9.17, 15) is 9.59 Å². The van der Waals surface area contributed by atoms with E-state index in [0.29, 0.717) is 19.0 Å². The van der Waals surface area contributed by atoms with Crippen molar-refractivity contribution in [2.75, 3.05) is 26.0 Å². The predicted octanol–water partition coefficient (Wildman–Crippen LogP) is -0.405. The second-order valence-corrected chi connectivity index (χ2v) is 5.92. The van der Waals surface area contributed by atoms with Gasteiger partial charge in [0.1, 0.15) is 6.04 Å². The molecule has 18 heavy (non-hydrogen) atoms. The summed E-state index contributed by atoms with van der Waals surface area (Å²) in [5.74, 6) is -0.866. The van der Waals surface area contributed by atoms with Crippen LogP contribution < -0.4 is 5.32 Å². The lowest BCUT2D eigenvalue weighted by molar-refractivity contribution is -0.151. The van der Waals surface area contributed by atoms with Gasteiger partial charge in [0.2, 0.25) is 5.91 Å². The van der Waals surface area contributed by atoms with Crippen LogP contribution in [-0.2, 0) is 14.3 Å². The number of carboxylic acid groups (broad SMARTS) is 1. The molecule has 2 aliphatic rings. The maximum Gasteiger partial charge on any atom is 0.327 e. The molecule has 0 aromatic carbocycles. The highest BCUT2D eigenvalue weighted by molar-refractivity contribution is 8.00. The second kappa shape index (κ2) is 5.46. The smallest absolute Gasteiger partial charge is 0.327 e. The van der Waals surface area contributed by atoms with Crippen LogP contribution in [0.2, 0.25) is 0 Å². The molecule has 0 bridgehead atoms. The van der Waals surface area contributed by atoms with Crippen molar-refractivity contribution >= 4 is 23.6 Å². The van der Waals surface area contributed by atoms with Gasteiger partial charge in [-0.15, -0.1) is 11.8 Å². The second-order valence-electron chi connectivity index (χ2n) is 4.57. The zero-order valence-electron chi connectivity index (χ0n) is 10.5. The Balaban J connectivity index is 2.13. The maximum absolute atomic E-state index is 12.5. The quantitative estimate of drug-likeness (QED) is 0.729. The summed E-state index contributed by atoms with van der Waals surface area (Å²) in [6, 6.07) is -0.736. The first kappa shape index (κ1) is 13.6. The molecule has 2 N–H and O–H groups in total. The lowest BCUT2D eigenvalue weighted by atomic mass is 10.0. The van der Waals surface area contributed by atoms with Gasteiger partial charge in [0.25, 0.3) is 0 Å². The van der Waals surface area contributed by atoms with Crippen LogP contribution in [0.15, 0.2) is 0 Å². The minimum atomic E-state index is -0.930. The molecule has 2 rings (SSSR count). The zero-order valence-corrected chi connectivity index (χ0v) is 11.3. The Kier molecular flexibility index (Phi) is 4.14. The Labute approximate surface area is 110 Å². The summed E-state index contributed by atoms with van der Waals surface area (Å²) in [7, 11) is 1.79. The Hall–Kier alpha value is -0.790. The van der Waals surface area contributed by atoms with Crippen molar-refractivity contribution in [2.24, 2.45) is 5.92 Å². The largest absolute Gasteiger partial charge is 0.480 e. The van der Waals surface area contributed by atoms with E-state index in [0.717, 1.165) is 0 Å². The molecular formula is C11H18N2O4S. The van der Waals surface area contributed by atoms with E-state index in [2.05, 4.69) is 5.32 Å². The van der Waals surface area contributed by atoms with E-state index in [1.807, 2.05) is 6.92 Å². The SMILES string of the molecule is CNC1COCC1C(=O)N1C(C)SCC1C(=O)O. The summed E-state index contributed by atoms with van der Waals surface area (Å²) in [4.78, 5) is 25.1. The zero-order chi connectivity index (χ0) is 13.3. The highest BCUT2D eigenvalue weighted by Gasteiger charge is 2.44. The number of hydrogen-bond acceptors (Lipinski definition) is 5. The van der Waals surface area contributed by atoms with Crippen molar-refractivity contribution in [1.82, 2.24) is 10.2 Å². The number of nitrogens with zero attached hydrogens (tertiary/aromatic N) is 1. The molecule has 2 fully saturated rings. The number of thioether (sulfide) groups is 1. The highest BCUT2D eigenvalue weighted by atomic mass is 32.2. The average molecular weight is 274 g/mol. The van der Waals surface area contributed by atoms with Gasteiger partial charge in [-0.25, -0.2) is 4.79 Å². The fraction of sp³-hybridized carbons (Fsp3) is 0.818. The van der Waals surface area contributed by atoms with Crippen LogP contribution in [0.4, 0.5) is 0 Å². The Bertz CT molecular complexity index is 352. The number of amides is 1. The highest BCUT2D eigenvalue weighted by Crippen LogP contribution is 2.31. The standard InChI is InChI=1S/C11H18N2O4S/c1-6-13(9(5-18-6)11(15)16)10(14)7-3-17-4-8(7)12-2/h6-9,12H,3-5H2,1-2H3,(H,15,16). The van der Waals surface area contributed by atoms with Crippen molar-refractivity contribution in [3.8, 4) is 0 Å². The molecule has 2 aliphatic heterocycles. The predicted molar refractivity (Wildman–Crippen MR) is 67.3 cm³/mol. The van der Waals surface area contributed by atoms with E-state index in [1.54, 1.807) is 7.05 Å². The van der Waals surface area contributed by atoms with E-state index < -0.39 is 12.0 Å². The molecule has 1 amide bonds. The summed E-state index contributed by atoms with van der Waals surface area (Å²) in [5.41, 5.74) is 0. The van der Waals surface area contributed by atoms with Crippen LogP contribution in [0.3, 0.4) is 0 Å². The molecule has 0 spiro atoms. The number of ether oxygens (including phenoxy) is 1. The number of hydrogen-bond donors (Lipinski definition) is 2. The van der Waals surface area contributed by atoms with Crippen LogP contribution in [0, 0.1) is 5.92 Å². The monoisotopic (exact) mass is 274 g/mol. The number of rotatable bonds is 3. The van der Waals surface area contributed by atoms with Gasteiger partial charge in [0, 0.05) is 11.8 Å². The first-order chi connectivity index (χ1) is 8.56. The lowest BCUT2D eigenvalue weighted by Gasteiger charge is -2.29. The minimum absolute atomic E-state index is 0.0234. The van der Waals surface area contributed by atoms with E-state index in [-0.39, 0.29) is 23.2 Å². The van der Waals surface area contributed by atoms with Gasteiger partial charge in [-0.05, 0) is 14.0 Å². The van der Waals surface area contributed by atoms with Crippen LogP contribution in [0.25, 0.3) is 0 Å². The van der Waals surface area contributed by atoms with Gasteiger partial charge in [0.15, 0.2) is 0 Å². The molecule has 6 nitrogen and oxygen atoms in total. The molecule has 2 heterocycles. The normalized spacial score (nSPS) is 36.0. The average Bonchev–Trinajstić information content (AvgIpc) is 2.93. The van der Waals surface area contributed by atoms with Gasteiger partial charge in [-0.1, -0.05) is 0 Å². The number of carbonyl (C=O) groups is 2. The van der Waals surface area contributed by atoms with Gasteiger partial charge >= 0.3 is 5.97 Å². The summed E-state index contributed by atoms with van der Waals surface area (Å²) in [6.45, 7) is 2.74. The first-order valence-corrected chi connectivity index (χ1v) is 7.02. The number of nitrogens with one attached hydrogen (secondary N) is 1. The Morgan fingerprint density at radius 3 is 2.78 bits per heavy atom. The molecule has 0 saturated carbocycles. The summed E-state index contributed by atoms with van der Waals surface area (Å²) in [6.07, 6.45) is 0. The molecule has 4 unspecified atom stereocenters. The summed E-state index contributed by atoms with van der Waals surface area (Å²) in [5, 5.41) is 12.1. The van der Waals surface area contributed by atoms with Crippen molar-refractivity contribution in [1.29, 1.82) is 0 Å². The number of carbonyl (C=O) groups excluding carboxylic acids is 1. The van der Waals surface area contributed by atoms with Crippen molar-refractivity contribution in [3.63, 3.8) is 0 Å². The van der Waals surface area contributed by atoms with Crippen molar-refractivity contribution < 1.29 is 19.4 Å². The fourth-order valence-electron chi connectivity index (χ4n) is 2.44. The van der Waals surface area contributed by atoms with Crippen molar-refractivity contribution in [3.05, 3.63) is 0 Å². The molecule has 7 heteroatoms. The van der Waals surface area contributed by atoms with Crippen LogP contribution >= 0.6 is 11.8 Å². The summed E-state index contributed by atoms with van der Waals surface area (Å²) < 4.78 is 5.31. The Morgan fingerprint density at radius 1 is 1.44 bits per heavy atom. The minimum Gasteiger partial charge on any atom is -0.480 e. The fourth-order valence-corrected chi connectivity index (χ4v) is 3.62. The molecular weight excluding hydrogens is 256 g/mol. The van der Waals surface area contributed by atoms with E-state index >= 15 is 0 Å². The first-order valence-electron chi connectivity index (χ1n) is 5.98. The third-order valence-electron chi connectivity index (χ3n) is 3.53. The lowest BCUT2D eigenvalue weighted by Crippen LogP contribution is -2.51. The van der Waals surface area contributed by atoms with Gasteiger partial charge in [0.05, 0.1) is 24.5 Å². The van der Waals surface area contributed by atoms with Crippen LogP contribution in [-0.4, -0.2) is 65.4 Å². The molecule has 0 aromatic heterocycles. The molecule has 102 valence electrons. The number of aliphatic carboxylic acids is 1. The molecule has 0 aliphatic carbocycles. The third-order valence-corrected chi connectivity index (χ3v) is 4.75. The van der Waals surface area contributed by atoms with E-state index in [1.165, 1.54) is 16.7 Å². The van der Waals surface area contributed by atoms with Crippen LogP contribution in [0.5, 0.6) is 0 Å². The van der Waals surface area contributed by atoms with Crippen molar-refractivity contribution in [2.45, 2.75) is 24.4 Å². The Morgan fingerprint density at radius 2 is 2.17 bits per heavy atom. The topological polar surface area (TPSA) is 78.9 Å². The summed E-state index contributed by atoms with van der Waals surface area (Å²) >= 11 is 1.50. The van der Waals surface area contributed by atoms with Crippen LogP contribution in [0.1, 0.15) is 6.92 Å². The number of likely N-dealkylation sites (N-methyl/N-ethyl adjacent to an activating group) is 1.